The average molecular weight is 375 g/mol. The standard InChI is InChI=1S/C23H25N3O2/c1-16-9-7-10-17(15-16)25-22(27)26-19-12-8-14-24-21(19)28-20-13-6-5-11-18(20)23(2,3)4/h5-15H,1-4H3,(H2,25,26,27). The number of anilines is 2. The number of aromatic nitrogens is 1. The van der Waals surface area contributed by atoms with Crippen molar-refractivity contribution in [3.8, 4) is 11.6 Å². The van der Waals surface area contributed by atoms with Gasteiger partial charge in [-0.15, -0.1) is 0 Å². The first kappa shape index (κ1) is 19.4. The van der Waals surface area contributed by atoms with Gasteiger partial charge in [-0.3, -0.25) is 0 Å². The van der Waals surface area contributed by atoms with E-state index in [-0.39, 0.29) is 11.4 Å². The van der Waals surface area contributed by atoms with Gasteiger partial charge in [0, 0.05) is 17.4 Å². The van der Waals surface area contributed by atoms with Crippen LogP contribution in [0.1, 0.15) is 31.9 Å². The molecule has 0 atom stereocenters. The van der Waals surface area contributed by atoms with E-state index in [1.807, 2.05) is 55.5 Å². The largest absolute Gasteiger partial charge is 0.437 e. The van der Waals surface area contributed by atoms with Crippen LogP contribution in [0.15, 0.2) is 66.9 Å². The quantitative estimate of drug-likeness (QED) is 0.577. The number of para-hydroxylation sites is 1. The van der Waals surface area contributed by atoms with E-state index in [1.165, 1.54) is 0 Å². The lowest BCUT2D eigenvalue weighted by Gasteiger charge is -2.22. The number of ether oxygens (including phenoxy) is 1. The van der Waals surface area contributed by atoms with Crippen LogP contribution in [0.25, 0.3) is 0 Å². The molecule has 0 aliphatic rings. The summed E-state index contributed by atoms with van der Waals surface area (Å²) in [7, 11) is 0. The Morgan fingerprint density at radius 1 is 0.964 bits per heavy atom. The summed E-state index contributed by atoms with van der Waals surface area (Å²) in [5.41, 5.74) is 3.28. The summed E-state index contributed by atoms with van der Waals surface area (Å²) < 4.78 is 6.08. The molecule has 144 valence electrons. The van der Waals surface area contributed by atoms with Crippen LogP contribution in [0.5, 0.6) is 11.6 Å². The first-order valence-corrected chi connectivity index (χ1v) is 9.20. The monoisotopic (exact) mass is 375 g/mol. The van der Waals surface area contributed by atoms with E-state index in [0.717, 1.165) is 22.6 Å². The lowest BCUT2D eigenvalue weighted by Crippen LogP contribution is -2.20. The van der Waals surface area contributed by atoms with Gasteiger partial charge in [-0.2, -0.15) is 0 Å². The molecule has 3 aromatic rings. The van der Waals surface area contributed by atoms with Gasteiger partial charge in [0.15, 0.2) is 0 Å². The summed E-state index contributed by atoms with van der Waals surface area (Å²) in [5.74, 6) is 1.06. The fourth-order valence-electron chi connectivity index (χ4n) is 2.85. The molecule has 28 heavy (non-hydrogen) atoms. The topological polar surface area (TPSA) is 63.2 Å². The number of benzene rings is 2. The molecule has 0 fully saturated rings. The second-order valence-electron chi connectivity index (χ2n) is 7.65. The molecular formula is C23H25N3O2. The molecule has 1 aromatic heterocycles. The van der Waals surface area contributed by atoms with Crippen LogP contribution in [-0.4, -0.2) is 11.0 Å². The Morgan fingerprint density at radius 2 is 1.75 bits per heavy atom. The van der Waals surface area contributed by atoms with Gasteiger partial charge in [0.2, 0.25) is 5.88 Å². The van der Waals surface area contributed by atoms with Crippen LogP contribution >= 0.6 is 0 Å². The molecule has 0 aliphatic heterocycles. The summed E-state index contributed by atoms with van der Waals surface area (Å²) >= 11 is 0. The number of carbonyl (C=O) groups is 1. The van der Waals surface area contributed by atoms with E-state index in [2.05, 4.69) is 36.4 Å². The van der Waals surface area contributed by atoms with Gasteiger partial charge in [0.25, 0.3) is 0 Å². The number of carbonyl (C=O) groups excluding carboxylic acids is 1. The van der Waals surface area contributed by atoms with Gasteiger partial charge in [-0.05, 0) is 48.2 Å². The predicted molar refractivity (Wildman–Crippen MR) is 113 cm³/mol. The van der Waals surface area contributed by atoms with E-state index >= 15 is 0 Å². The fourth-order valence-corrected chi connectivity index (χ4v) is 2.85. The number of nitrogens with zero attached hydrogens (tertiary/aromatic N) is 1. The molecule has 1 heterocycles. The van der Waals surface area contributed by atoms with Crippen molar-refractivity contribution in [2.45, 2.75) is 33.1 Å². The Morgan fingerprint density at radius 3 is 2.50 bits per heavy atom. The highest BCUT2D eigenvalue weighted by molar-refractivity contribution is 6.00. The van der Waals surface area contributed by atoms with Crippen molar-refractivity contribution >= 4 is 17.4 Å². The van der Waals surface area contributed by atoms with E-state index in [0.29, 0.717) is 11.6 Å². The predicted octanol–water partition coefficient (Wildman–Crippen LogP) is 6.12. The molecule has 0 saturated carbocycles. The Hall–Kier alpha value is -3.34. The van der Waals surface area contributed by atoms with Crippen LogP contribution in [-0.2, 0) is 5.41 Å². The van der Waals surface area contributed by atoms with Gasteiger partial charge < -0.3 is 15.4 Å². The molecular weight excluding hydrogens is 350 g/mol. The molecule has 2 amide bonds. The van der Waals surface area contributed by atoms with Crippen molar-refractivity contribution < 1.29 is 9.53 Å². The van der Waals surface area contributed by atoms with Gasteiger partial charge >= 0.3 is 6.03 Å². The summed E-state index contributed by atoms with van der Waals surface area (Å²) in [4.78, 5) is 16.7. The highest BCUT2D eigenvalue weighted by Gasteiger charge is 2.20. The Kier molecular flexibility index (Phi) is 5.64. The van der Waals surface area contributed by atoms with Gasteiger partial charge in [0.05, 0.1) is 0 Å². The third kappa shape index (κ3) is 4.88. The van der Waals surface area contributed by atoms with Crippen LogP contribution in [0.4, 0.5) is 16.2 Å². The van der Waals surface area contributed by atoms with Crippen molar-refractivity contribution in [1.82, 2.24) is 4.98 Å². The molecule has 2 N–H and O–H groups in total. The zero-order valence-corrected chi connectivity index (χ0v) is 16.6. The number of hydrogen-bond donors (Lipinski definition) is 2. The molecule has 0 bridgehead atoms. The second-order valence-corrected chi connectivity index (χ2v) is 7.65. The zero-order chi connectivity index (χ0) is 20.1. The molecule has 5 heteroatoms. The Balaban J connectivity index is 1.80. The highest BCUT2D eigenvalue weighted by atomic mass is 16.5. The summed E-state index contributed by atoms with van der Waals surface area (Å²) in [5, 5.41) is 5.64. The maximum absolute atomic E-state index is 12.4. The maximum Gasteiger partial charge on any atom is 0.323 e. The first-order valence-electron chi connectivity index (χ1n) is 9.20. The number of urea groups is 1. The number of hydrogen-bond acceptors (Lipinski definition) is 3. The van der Waals surface area contributed by atoms with Crippen molar-refractivity contribution in [3.63, 3.8) is 0 Å². The van der Waals surface area contributed by atoms with E-state index in [9.17, 15) is 4.79 Å². The average Bonchev–Trinajstić information content (AvgIpc) is 2.63. The minimum atomic E-state index is -0.354. The molecule has 0 saturated heterocycles. The van der Waals surface area contributed by atoms with Gasteiger partial charge in [-0.25, -0.2) is 9.78 Å². The number of aryl methyl sites for hydroxylation is 1. The number of rotatable bonds is 4. The van der Waals surface area contributed by atoms with E-state index in [4.69, 9.17) is 4.74 Å². The first-order chi connectivity index (χ1) is 13.3. The SMILES string of the molecule is Cc1cccc(NC(=O)Nc2cccnc2Oc2ccccc2C(C)(C)C)c1. The van der Waals surface area contributed by atoms with Crippen molar-refractivity contribution in [2.75, 3.05) is 10.6 Å². The summed E-state index contributed by atoms with van der Waals surface area (Å²) in [6, 6.07) is 18.6. The smallest absolute Gasteiger partial charge is 0.323 e. The van der Waals surface area contributed by atoms with Gasteiger partial charge in [-0.1, -0.05) is 51.1 Å². The van der Waals surface area contributed by atoms with Crippen molar-refractivity contribution in [2.24, 2.45) is 0 Å². The third-order valence-corrected chi connectivity index (χ3v) is 4.20. The molecule has 0 aliphatic carbocycles. The molecule has 0 radical (unpaired) electrons. The lowest BCUT2D eigenvalue weighted by atomic mass is 9.86. The molecule has 0 spiro atoms. The second kappa shape index (κ2) is 8.13. The van der Waals surface area contributed by atoms with Crippen LogP contribution < -0.4 is 15.4 Å². The normalized spacial score (nSPS) is 11.0. The lowest BCUT2D eigenvalue weighted by molar-refractivity contribution is 0.262. The summed E-state index contributed by atoms with van der Waals surface area (Å²) in [6.07, 6.45) is 1.64. The summed E-state index contributed by atoms with van der Waals surface area (Å²) in [6.45, 7) is 8.36. The zero-order valence-electron chi connectivity index (χ0n) is 16.6. The molecule has 5 nitrogen and oxygen atoms in total. The maximum atomic E-state index is 12.4. The number of nitrogens with one attached hydrogen (secondary N) is 2. The van der Waals surface area contributed by atoms with Crippen LogP contribution in [0, 0.1) is 6.92 Å². The van der Waals surface area contributed by atoms with Gasteiger partial charge in [0.1, 0.15) is 11.4 Å². The van der Waals surface area contributed by atoms with Crippen molar-refractivity contribution in [1.29, 1.82) is 0 Å². The molecule has 0 unspecified atom stereocenters. The van der Waals surface area contributed by atoms with Crippen molar-refractivity contribution in [3.05, 3.63) is 78.0 Å². The van der Waals surface area contributed by atoms with Crippen LogP contribution in [0.2, 0.25) is 0 Å². The van der Waals surface area contributed by atoms with Crippen LogP contribution in [0.3, 0.4) is 0 Å². The third-order valence-electron chi connectivity index (χ3n) is 4.20. The van der Waals surface area contributed by atoms with E-state index < -0.39 is 0 Å². The minimum absolute atomic E-state index is 0.0818. The number of amides is 2. The minimum Gasteiger partial charge on any atom is -0.437 e. The number of pyridine rings is 1. The fraction of sp³-hybridized carbons (Fsp3) is 0.217. The highest BCUT2D eigenvalue weighted by Crippen LogP contribution is 2.35. The molecule has 3 rings (SSSR count). The Bertz CT molecular complexity index is 977. The Labute approximate surface area is 165 Å². The van der Waals surface area contributed by atoms with E-state index in [1.54, 1.807) is 18.3 Å². The molecule has 2 aromatic carbocycles.